The Balaban J connectivity index is 3.76. The lowest BCUT2D eigenvalue weighted by Crippen LogP contribution is -2.37. The fourth-order valence-electron chi connectivity index (χ4n) is 0.616. The van der Waals surface area contributed by atoms with Crippen LogP contribution in [0.3, 0.4) is 0 Å². The van der Waals surface area contributed by atoms with Crippen molar-refractivity contribution in [1.82, 2.24) is 5.32 Å². The maximum Gasteiger partial charge on any atom is 0.244 e. The third kappa shape index (κ3) is 8.82. The molecule has 2 N–H and O–H groups in total. The van der Waals surface area contributed by atoms with Crippen molar-refractivity contribution in [1.29, 1.82) is 0 Å². The van der Waals surface area contributed by atoms with Crippen LogP contribution < -0.4 is 5.32 Å². The van der Waals surface area contributed by atoms with E-state index in [0.29, 0.717) is 0 Å². The smallest absolute Gasteiger partial charge is 0.244 e. The summed E-state index contributed by atoms with van der Waals surface area (Å²) in [5.41, 5.74) is -0.857. The topological polar surface area (TPSA) is 49.3 Å². The van der Waals surface area contributed by atoms with Gasteiger partial charge in [-0.3, -0.25) is 4.79 Å². The van der Waals surface area contributed by atoms with Crippen molar-refractivity contribution in [3.05, 3.63) is 24.3 Å². The van der Waals surface area contributed by atoms with E-state index in [2.05, 4.69) is 5.32 Å². The molecule has 3 nitrogen and oxygen atoms in total. The predicted octanol–water partition coefficient (Wildman–Crippen LogP) is 1.01. The van der Waals surface area contributed by atoms with Crippen LogP contribution in [0.5, 0.6) is 0 Å². The van der Waals surface area contributed by atoms with Gasteiger partial charge in [-0.05, 0) is 20.8 Å². The highest BCUT2D eigenvalue weighted by Gasteiger charge is 2.12. The molecule has 0 heterocycles. The Labute approximate surface area is 79.2 Å². The average Bonchev–Trinajstić information content (AvgIpc) is 2.00. The second kappa shape index (κ2) is 5.54. The Morgan fingerprint density at radius 2 is 2.08 bits per heavy atom. The van der Waals surface area contributed by atoms with E-state index in [9.17, 15) is 9.90 Å². The van der Waals surface area contributed by atoms with Crippen molar-refractivity contribution >= 4 is 5.91 Å². The van der Waals surface area contributed by atoms with Gasteiger partial charge in [-0.1, -0.05) is 18.2 Å². The van der Waals surface area contributed by atoms with Crippen molar-refractivity contribution in [3.63, 3.8) is 0 Å². The van der Waals surface area contributed by atoms with Gasteiger partial charge in [-0.2, -0.15) is 0 Å². The molecule has 3 heteroatoms. The van der Waals surface area contributed by atoms with Gasteiger partial charge in [0.15, 0.2) is 0 Å². The van der Waals surface area contributed by atoms with Crippen LogP contribution >= 0.6 is 0 Å². The van der Waals surface area contributed by atoms with Crippen LogP contribution in [-0.4, -0.2) is 23.2 Å². The number of hydrogen-bond donors (Lipinski definition) is 2. The van der Waals surface area contributed by atoms with Crippen LogP contribution in [0, 0.1) is 0 Å². The SMILES string of the molecule is C/C=C/C=C/C(=O)NCC(C)(C)O. The maximum atomic E-state index is 11.0. The summed E-state index contributed by atoms with van der Waals surface area (Å²) in [6, 6.07) is 0. The summed E-state index contributed by atoms with van der Waals surface area (Å²) in [4.78, 5) is 11.0. The quantitative estimate of drug-likeness (QED) is 0.504. The van der Waals surface area contributed by atoms with E-state index >= 15 is 0 Å². The Hall–Kier alpha value is -1.09. The Bertz CT molecular complexity index is 211. The highest BCUT2D eigenvalue weighted by atomic mass is 16.3. The molecule has 74 valence electrons. The lowest BCUT2D eigenvalue weighted by atomic mass is 10.1. The number of aliphatic hydroxyl groups is 1. The Morgan fingerprint density at radius 1 is 1.46 bits per heavy atom. The van der Waals surface area contributed by atoms with Gasteiger partial charge in [0.2, 0.25) is 5.91 Å². The number of rotatable bonds is 4. The van der Waals surface area contributed by atoms with Gasteiger partial charge >= 0.3 is 0 Å². The van der Waals surface area contributed by atoms with Crippen molar-refractivity contribution in [2.75, 3.05) is 6.54 Å². The summed E-state index contributed by atoms with van der Waals surface area (Å²) in [7, 11) is 0. The molecule has 0 radical (unpaired) electrons. The zero-order chi connectivity index (χ0) is 10.3. The standard InChI is InChI=1S/C10H17NO2/c1-4-5-6-7-9(12)11-8-10(2,3)13/h4-7,13H,8H2,1-3H3,(H,11,12)/b5-4+,7-6+. The van der Waals surface area contributed by atoms with Crippen LogP contribution in [0.1, 0.15) is 20.8 Å². The fourth-order valence-corrected chi connectivity index (χ4v) is 0.616. The summed E-state index contributed by atoms with van der Waals surface area (Å²) in [5, 5.41) is 11.9. The molecule has 0 bridgehead atoms. The van der Waals surface area contributed by atoms with E-state index in [0.717, 1.165) is 0 Å². The number of carbonyl (C=O) groups is 1. The van der Waals surface area contributed by atoms with Gasteiger partial charge in [0.1, 0.15) is 0 Å². The molecule has 13 heavy (non-hydrogen) atoms. The van der Waals surface area contributed by atoms with E-state index in [1.165, 1.54) is 6.08 Å². The van der Waals surface area contributed by atoms with Crippen molar-refractivity contribution < 1.29 is 9.90 Å². The molecular weight excluding hydrogens is 166 g/mol. The first-order chi connectivity index (χ1) is 5.95. The van der Waals surface area contributed by atoms with Crippen LogP contribution in [0.15, 0.2) is 24.3 Å². The van der Waals surface area contributed by atoms with Gasteiger partial charge in [-0.15, -0.1) is 0 Å². The van der Waals surface area contributed by atoms with Gasteiger partial charge in [0.05, 0.1) is 5.60 Å². The highest BCUT2D eigenvalue weighted by molar-refractivity contribution is 5.87. The minimum atomic E-state index is -0.857. The first-order valence-corrected chi connectivity index (χ1v) is 4.25. The van der Waals surface area contributed by atoms with Gasteiger partial charge in [0, 0.05) is 12.6 Å². The zero-order valence-corrected chi connectivity index (χ0v) is 8.37. The second-order valence-electron chi connectivity index (χ2n) is 3.42. The molecule has 0 aromatic heterocycles. The molecule has 0 spiro atoms. The van der Waals surface area contributed by atoms with E-state index in [-0.39, 0.29) is 12.5 Å². The van der Waals surface area contributed by atoms with Crippen LogP contribution in [-0.2, 0) is 4.79 Å². The molecular formula is C10H17NO2. The second-order valence-corrected chi connectivity index (χ2v) is 3.42. The first-order valence-electron chi connectivity index (χ1n) is 4.25. The monoisotopic (exact) mass is 183 g/mol. The summed E-state index contributed by atoms with van der Waals surface area (Å²) >= 11 is 0. The number of hydrogen-bond acceptors (Lipinski definition) is 2. The summed E-state index contributed by atoms with van der Waals surface area (Å²) in [6.07, 6.45) is 6.68. The van der Waals surface area contributed by atoms with Crippen molar-refractivity contribution in [2.24, 2.45) is 0 Å². The molecule has 0 aromatic rings. The highest BCUT2D eigenvalue weighted by Crippen LogP contribution is 1.96. The number of nitrogens with one attached hydrogen (secondary N) is 1. The first kappa shape index (κ1) is 11.9. The zero-order valence-electron chi connectivity index (χ0n) is 8.37. The molecule has 0 aliphatic carbocycles. The molecule has 0 unspecified atom stereocenters. The molecule has 0 saturated heterocycles. The van der Waals surface area contributed by atoms with Gasteiger partial charge in [0.25, 0.3) is 0 Å². The molecule has 0 aliphatic rings. The van der Waals surface area contributed by atoms with Gasteiger partial charge < -0.3 is 10.4 Å². The van der Waals surface area contributed by atoms with Crippen LogP contribution in [0.25, 0.3) is 0 Å². The van der Waals surface area contributed by atoms with E-state index < -0.39 is 5.60 Å². The third-order valence-corrected chi connectivity index (χ3v) is 1.25. The summed E-state index contributed by atoms with van der Waals surface area (Å²) in [6.45, 7) is 5.41. The molecule has 0 aliphatic heterocycles. The molecule has 0 rings (SSSR count). The Morgan fingerprint density at radius 3 is 2.54 bits per heavy atom. The fraction of sp³-hybridized carbons (Fsp3) is 0.500. The summed E-state index contributed by atoms with van der Waals surface area (Å²) in [5.74, 6) is -0.194. The minimum Gasteiger partial charge on any atom is -0.389 e. The molecule has 0 atom stereocenters. The molecule has 1 amide bonds. The van der Waals surface area contributed by atoms with Crippen molar-refractivity contribution in [3.8, 4) is 0 Å². The normalized spacial score (nSPS) is 12.6. The Kier molecular flexibility index (Phi) is 5.07. The predicted molar refractivity (Wildman–Crippen MR) is 53.3 cm³/mol. The minimum absolute atomic E-state index is 0.194. The van der Waals surface area contributed by atoms with E-state index in [4.69, 9.17) is 0 Å². The lowest BCUT2D eigenvalue weighted by molar-refractivity contribution is -0.117. The van der Waals surface area contributed by atoms with E-state index in [1.807, 2.05) is 13.0 Å². The maximum absolute atomic E-state index is 11.0. The summed E-state index contributed by atoms with van der Waals surface area (Å²) < 4.78 is 0. The largest absolute Gasteiger partial charge is 0.389 e. The van der Waals surface area contributed by atoms with Crippen molar-refractivity contribution in [2.45, 2.75) is 26.4 Å². The van der Waals surface area contributed by atoms with Gasteiger partial charge in [-0.25, -0.2) is 0 Å². The molecule has 0 fully saturated rings. The number of allylic oxidation sites excluding steroid dienone is 3. The van der Waals surface area contributed by atoms with E-state index in [1.54, 1.807) is 26.0 Å². The number of amides is 1. The molecule has 0 aromatic carbocycles. The molecule has 0 saturated carbocycles. The lowest BCUT2D eigenvalue weighted by Gasteiger charge is -2.16. The average molecular weight is 183 g/mol. The van der Waals surface area contributed by atoms with Crippen LogP contribution in [0.4, 0.5) is 0 Å². The third-order valence-electron chi connectivity index (χ3n) is 1.25. The van der Waals surface area contributed by atoms with Crippen LogP contribution in [0.2, 0.25) is 0 Å². The number of carbonyl (C=O) groups excluding carboxylic acids is 1.